The second kappa shape index (κ2) is 13.6. The molecule has 1 fully saturated rings. The van der Waals surface area contributed by atoms with Crippen molar-refractivity contribution in [3.8, 4) is 11.5 Å². The highest BCUT2D eigenvalue weighted by Crippen LogP contribution is 2.28. The van der Waals surface area contributed by atoms with Crippen LogP contribution >= 0.6 is 0 Å². The van der Waals surface area contributed by atoms with Crippen LogP contribution in [0.3, 0.4) is 0 Å². The number of guanidine groups is 1. The molecule has 1 aliphatic rings. The molecule has 1 aromatic rings. The number of hydrogen-bond acceptors (Lipinski definition) is 7. The van der Waals surface area contributed by atoms with Gasteiger partial charge in [-0.05, 0) is 30.0 Å². The molecule has 184 valence electrons. The zero-order valence-corrected chi connectivity index (χ0v) is 19.4. The Morgan fingerprint density at radius 1 is 1.15 bits per heavy atom. The minimum Gasteiger partial charge on any atom is -0.493 e. The molecule has 10 heteroatoms. The van der Waals surface area contributed by atoms with E-state index in [2.05, 4.69) is 16.0 Å². The SMILES string of the molecule is COc1ccc(CC(=O)NC(=N)N[C@H](CC2CCCCC2)C(=O)NCC(O)CO)cc1OC. The van der Waals surface area contributed by atoms with Crippen LogP contribution in [0.25, 0.3) is 0 Å². The molecule has 2 amide bonds. The Bertz CT molecular complexity index is 797. The van der Waals surface area contributed by atoms with Crippen LogP contribution in [0.4, 0.5) is 0 Å². The smallest absolute Gasteiger partial charge is 0.242 e. The lowest BCUT2D eigenvalue weighted by atomic mass is 9.84. The number of ether oxygens (including phenoxy) is 2. The van der Waals surface area contributed by atoms with E-state index in [-0.39, 0.29) is 24.8 Å². The van der Waals surface area contributed by atoms with Gasteiger partial charge >= 0.3 is 0 Å². The molecule has 10 nitrogen and oxygen atoms in total. The average Bonchev–Trinajstić information content (AvgIpc) is 2.82. The largest absolute Gasteiger partial charge is 0.493 e. The van der Waals surface area contributed by atoms with Gasteiger partial charge in [-0.25, -0.2) is 0 Å². The Balaban J connectivity index is 1.95. The first-order chi connectivity index (χ1) is 15.9. The lowest BCUT2D eigenvalue weighted by Gasteiger charge is -2.27. The molecule has 1 aliphatic carbocycles. The van der Waals surface area contributed by atoms with Gasteiger partial charge in [0.15, 0.2) is 17.5 Å². The average molecular weight is 465 g/mol. The lowest BCUT2D eigenvalue weighted by molar-refractivity contribution is -0.124. The fraction of sp³-hybridized carbons (Fsp3) is 0.609. The van der Waals surface area contributed by atoms with Crippen molar-refractivity contribution in [2.75, 3.05) is 27.4 Å². The van der Waals surface area contributed by atoms with Gasteiger partial charge < -0.3 is 30.3 Å². The highest BCUT2D eigenvalue weighted by atomic mass is 16.5. The predicted molar refractivity (Wildman–Crippen MR) is 123 cm³/mol. The van der Waals surface area contributed by atoms with E-state index < -0.39 is 24.7 Å². The fourth-order valence-corrected chi connectivity index (χ4v) is 3.96. The molecule has 0 radical (unpaired) electrons. The molecule has 0 heterocycles. The molecule has 33 heavy (non-hydrogen) atoms. The topological polar surface area (TPSA) is 153 Å². The van der Waals surface area contributed by atoms with Crippen LogP contribution in [0.15, 0.2) is 18.2 Å². The molecular formula is C23H36N4O6. The fourth-order valence-electron chi connectivity index (χ4n) is 3.96. The van der Waals surface area contributed by atoms with E-state index in [0.29, 0.717) is 29.4 Å². The summed E-state index contributed by atoms with van der Waals surface area (Å²) in [4.78, 5) is 25.1. The van der Waals surface area contributed by atoms with Crippen molar-refractivity contribution >= 4 is 17.8 Å². The Kier molecular flexibility index (Phi) is 10.9. The Hall–Kier alpha value is -2.85. The number of hydrogen-bond donors (Lipinski definition) is 6. The predicted octanol–water partition coefficient (Wildman–Crippen LogP) is 0.695. The minimum absolute atomic E-state index is 0.0204. The first-order valence-electron chi connectivity index (χ1n) is 11.3. The lowest BCUT2D eigenvalue weighted by Crippen LogP contribution is -2.53. The molecule has 6 N–H and O–H groups in total. The number of aliphatic hydroxyl groups excluding tert-OH is 2. The third-order valence-electron chi connectivity index (χ3n) is 5.73. The standard InChI is InChI=1S/C23H36N4O6/c1-32-19-9-8-16(11-20(19)33-2)12-21(30)27-23(24)26-18(10-15-6-4-3-5-7-15)22(31)25-13-17(29)14-28/h8-9,11,15,17-18,28-29H,3-7,10,12-14H2,1-2H3,(H,25,31)(H3,24,26,27,30)/t17?,18-/m1/s1. The van der Waals surface area contributed by atoms with Gasteiger partial charge in [0.2, 0.25) is 11.8 Å². The summed E-state index contributed by atoms with van der Waals surface area (Å²) in [7, 11) is 3.04. The summed E-state index contributed by atoms with van der Waals surface area (Å²) in [6.45, 7) is -0.541. The number of benzene rings is 1. The van der Waals surface area contributed by atoms with Crippen LogP contribution in [-0.2, 0) is 16.0 Å². The number of aliphatic hydroxyl groups is 2. The van der Waals surface area contributed by atoms with Crippen molar-refractivity contribution in [3.05, 3.63) is 23.8 Å². The van der Waals surface area contributed by atoms with Gasteiger partial charge in [0.1, 0.15) is 6.04 Å². The number of amides is 2. The third kappa shape index (κ3) is 8.89. The first kappa shape index (κ1) is 26.4. The first-order valence-corrected chi connectivity index (χ1v) is 11.3. The van der Waals surface area contributed by atoms with Crippen molar-refractivity contribution in [2.24, 2.45) is 5.92 Å². The van der Waals surface area contributed by atoms with Crippen LogP contribution in [-0.4, -0.2) is 67.5 Å². The summed E-state index contributed by atoms with van der Waals surface area (Å²) in [5.41, 5.74) is 0.687. The van der Waals surface area contributed by atoms with Crippen molar-refractivity contribution in [3.63, 3.8) is 0 Å². The maximum Gasteiger partial charge on any atom is 0.242 e. The molecule has 1 unspecified atom stereocenters. The van der Waals surface area contributed by atoms with Gasteiger partial charge in [-0.2, -0.15) is 0 Å². The zero-order valence-electron chi connectivity index (χ0n) is 19.4. The summed E-state index contributed by atoms with van der Waals surface area (Å²) in [6, 6.07) is 4.41. The minimum atomic E-state index is -1.05. The van der Waals surface area contributed by atoms with Crippen molar-refractivity contribution in [1.29, 1.82) is 5.41 Å². The number of nitrogens with one attached hydrogen (secondary N) is 4. The number of carbonyl (C=O) groups is 2. The van der Waals surface area contributed by atoms with E-state index in [1.807, 2.05) is 0 Å². The molecular weight excluding hydrogens is 428 g/mol. The van der Waals surface area contributed by atoms with Crippen molar-refractivity contribution in [2.45, 2.75) is 57.1 Å². The summed E-state index contributed by atoms with van der Waals surface area (Å²) in [5.74, 6) is 0.350. The maximum absolute atomic E-state index is 12.7. The normalized spacial score (nSPS) is 15.8. The van der Waals surface area contributed by atoms with Gasteiger partial charge in [-0.1, -0.05) is 38.2 Å². The number of rotatable bonds is 11. The van der Waals surface area contributed by atoms with Crippen LogP contribution in [0.5, 0.6) is 11.5 Å². The molecule has 0 aliphatic heterocycles. The van der Waals surface area contributed by atoms with Gasteiger partial charge in [-0.15, -0.1) is 0 Å². The van der Waals surface area contributed by atoms with E-state index in [1.54, 1.807) is 18.2 Å². The number of methoxy groups -OCH3 is 2. The quantitative estimate of drug-likeness (QED) is 0.208. The van der Waals surface area contributed by atoms with Gasteiger partial charge in [0.25, 0.3) is 0 Å². The molecule has 2 atom stereocenters. The summed E-state index contributed by atoms with van der Waals surface area (Å²) < 4.78 is 10.4. The van der Waals surface area contributed by atoms with Crippen LogP contribution in [0.1, 0.15) is 44.1 Å². The molecule has 0 saturated heterocycles. The molecule has 0 spiro atoms. The van der Waals surface area contributed by atoms with Crippen LogP contribution in [0.2, 0.25) is 0 Å². The summed E-state index contributed by atoms with van der Waals surface area (Å²) in [5, 5.41) is 34.5. The monoisotopic (exact) mass is 464 g/mol. The molecule has 0 aromatic heterocycles. The number of carbonyl (C=O) groups excluding carboxylic acids is 2. The van der Waals surface area contributed by atoms with Crippen LogP contribution in [0, 0.1) is 11.3 Å². The molecule has 0 bridgehead atoms. The molecule has 1 aromatic carbocycles. The third-order valence-corrected chi connectivity index (χ3v) is 5.73. The van der Waals surface area contributed by atoms with E-state index in [4.69, 9.17) is 20.0 Å². The summed E-state index contributed by atoms with van der Waals surface area (Å²) >= 11 is 0. The Morgan fingerprint density at radius 3 is 2.48 bits per heavy atom. The maximum atomic E-state index is 12.7. The van der Waals surface area contributed by atoms with Crippen LogP contribution < -0.4 is 25.4 Å². The second-order valence-electron chi connectivity index (χ2n) is 8.31. The molecule has 1 saturated carbocycles. The van der Waals surface area contributed by atoms with E-state index in [9.17, 15) is 14.7 Å². The van der Waals surface area contributed by atoms with Crippen molar-refractivity contribution < 1.29 is 29.3 Å². The van der Waals surface area contributed by atoms with E-state index in [0.717, 1.165) is 25.7 Å². The zero-order chi connectivity index (χ0) is 24.2. The van der Waals surface area contributed by atoms with Gasteiger partial charge in [-0.3, -0.25) is 20.3 Å². The summed E-state index contributed by atoms with van der Waals surface area (Å²) in [6.07, 6.45) is 4.94. The highest BCUT2D eigenvalue weighted by molar-refractivity contribution is 5.98. The van der Waals surface area contributed by atoms with Gasteiger partial charge in [0.05, 0.1) is 33.4 Å². The van der Waals surface area contributed by atoms with E-state index >= 15 is 0 Å². The Labute approximate surface area is 194 Å². The Morgan fingerprint density at radius 2 is 1.85 bits per heavy atom. The highest BCUT2D eigenvalue weighted by Gasteiger charge is 2.26. The van der Waals surface area contributed by atoms with E-state index in [1.165, 1.54) is 20.6 Å². The molecule has 2 rings (SSSR count). The second-order valence-corrected chi connectivity index (χ2v) is 8.31. The van der Waals surface area contributed by atoms with Crippen molar-refractivity contribution in [1.82, 2.24) is 16.0 Å². The van der Waals surface area contributed by atoms with Gasteiger partial charge in [0, 0.05) is 6.54 Å².